The number of para-hydroxylation sites is 2. The van der Waals surface area contributed by atoms with Gasteiger partial charge in [0.2, 0.25) is 0 Å². The minimum absolute atomic E-state index is 0.0375. The van der Waals surface area contributed by atoms with Crippen LogP contribution in [0.5, 0.6) is 0 Å². The molecule has 32 heavy (non-hydrogen) atoms. The average molecular weight is 454 g/mol. The summed E-state index contributed by atoms with van der Waals surface area (Å²) in [6.07, 6.45) is 1.99. The molecule has 2 aromatic carbocycles. The van der Waals surface area contributed by atoms with E-state index in [1.54, 1.807) is 54.6 Å². The molecule has 1 aromatic heterocycles. The molecule has 1 N–H and O–H groups in total. The van der Waals surface area contributed by atoms with E-state index in [4.69, 9.17) is 0 Å². The Hall–Kier alpha value is -3.46. The van der Waals surface area contributed by atoms with Gasteiger partial charge in [-0.25, -0.2) is 8.42 Å². The number of hydrogen-bond acceptors (Lipinski definition) is 5. The molecule has 0 bridgehead atoms. The molecule has 1 atom stereocenters. The second-order valence-corrected chi connectivity index (χ2v) is 10.1. The number of sulfone groups is 1. The standard InChI is InChI=1S/C23H23N3O5S/c1-2-12-25-19-5-3-4-6-20(19)26(23(29)22(25)28)14-16-7-9-17(10-8-16)21(27)24-18-11-13-32(30,31)15-18/h2-10,18H,1,11-15H2,(H,24,27). The third kappa shape index (κ3) is 4.29. The van der Waals surface area contributed by atoms with Gasteiger partial charge in [0, 0.05) is 18.2 Å². The normalized spacial score (nSPS) is 17.3. The van der Waals surface area contributed by atoms with Gasteiger partial charge in [0.15, 0.2) is 9.84 Å². The quantitative estimate of drug-likeness (QED) is 0.447. The van der Waals surface area contributed by atoms with Crippen molar-refractivity contribution < 1.29 is 13.2 Å². The molecule has 1 amide bonds. The Balaban J connectivity index is 1.59. The first-order chi connectivity index (χ1) is 15.3. The summed E-state index contributed by atoms with van der Waals surface area (Å²) in [5.41, 5.74) is 1.17. The zero-order chi connectivity index (χ0) is 22.9. The van der Waals surface area contributed by atoms with Gasteiger partial charge < -0.3 is 5.32 Å². The van der Waals surface area contributed by atoms with E-state index in [0.29, 0.717) is 23.0 Å². The van der Waals surface area contributed by atoms with Gasteiger partial charge in [0.1, 0.15) is 0 Å². The Morgan fingerprint density at radius 2 is 1.66 bits per heavy atom. The van der Waals surface area contributed by atoms with E-state index < -0.39 is 21.0 Å². The molecule has 0 saturated carbocycles. The van der Waals surface area contributed by atoms with Gasteiger partial charge in [-0.05, 0) is 36.2 Å². The molecule has 1 aliphatic rings. The van der Waals surface area contributed by atoms with Crippen molar-refractivity contribution in [3.05, 3.63) is 93.0 Å². The van der Waals surface area contributed by atoms with Crippen LogP contribution in [-0.2, 0) is 22.9 Å². The maximum absolute atomic E-state index is 12.8. The molecule has 8 nitrogen and oxygen atoms in total. The minimum Gasteiger partial charge on any atom is -0.348 e. The van der Waals surface area contributed by atoms with Gasteiger partial charge >= 0.3 is 11.1 Å². The van der Waals surface area contributed by atoms with E-state index in [-0.39, 0.29) is 36.5 Å². The third-order valence-corrected chi connectivity index (χ3v) is 7.34. The number of amides is 1. The molecular weight excluding hydrogens is 430 g/mol. The van der Waals surface area contributed by atoms with Crippen molar-refractivity contribution in [1.82, 2.24) is 14.5 Å². The molecule has 0 spiro atoms. The molecule has 4 rings (SSSR count). The Morgan fingerprint density at radius 3 is 2.25 bits per heavy atom. The molecule has 1 unspecified atom stereocenters. The first-order valence-electron chi connectivity index (χ1n) is 10.2. The molecule has 3 aromatic rings. The number of rotatable bonds is 6. The molecule has 166 valence electrons. The van der Waals surface area contributed by atoms with Crippen LogP contribution in [0.4, 0.5) is 0 Å². The van der Waals surface area contributed by atoms with Gasteiger partial charge in [-0.3, -0.25) is 23.5 Å². The van der Waals surface area contributed by atoms with Gasteiger partial charge in [0.25, 0.3) is 5.91 Å². The predicted octanol–water partition coefficient (Wildman–Crippen LogP) is 1.31. The second-order valence-electron chi connectivity index (χ2n) is 7.85. The monoisotopic (exact) mass is 453 g/mol. The molecule has 2 heterocycles. The maximum Gasteiger partial charge on any atom is 0.317 e. The van der Waals surface area contributed by atoms with Crippen LogP contribution in [0, 0.1) is 0 Å². The van der Waals surface area contributed by atoms with Crippen LogP contribution < -0.4 is 16.4 Å². The fourth-order valence-corrected chi connectivity index (χ4v) is 5.63. The summed E-state index contributed by atoms with van der Waals surface area (Å²) in [5, 5.41) is 2.75. The van der Waals surface area contributed by atoms with E-state index in [1.165, 1.54) is 9.13 Å². The predicted molar refractivity (Wildman–Crippen MR) is 123 cm³/mol. The van der Waals surface area contributed by atoms with E-state index in [2.05, 4.69) is 11.9 Å². The highest BCUT2D eigenvalue weighted by Crippen LogP contribution is 2.15. The fourth-order valence-electron chi connectivity index (χ4n) is 3.96. The molecule has 0 radical (unpaired) electrons. The Bertz CT molecular complexity index is 1420. The summed E-state index contributed by atoms with van der Waals surface area (Å²) in [6, 6.07) is 13.5. The van der Waals surface area contributed by atoms with E-state index in [9.17, 15) is 22.8 Å². The van der Waals surface area contributed by atoms with Crippen molar-refractivity contribution in [2.24, 2.45) is 0 Å². The fraction of sp³-hybridized carbons (Fsp3) is 0.261. The van der Waals surface area contributed by atoms with E-state index >= 15 is 0 Å². The number of nitrogens with one attached hydrogen (secondary N) is 1. The highest BCUT2D eigenvalue weighted by molar-refractivity contribution is 7.91. The van der Waals surface area contributed by atoms with Crippen LogP contribution in [-0.4, -0.2) is 41.0 Å². The number of carbonyl (C=O) groups is 1. The number of fused-ring (bicyclic) bond motifs is 1. The van der Waals surface area contributed by atoms with Crippen LogP contribution in [0.1, 0.15) is 22.3 Å². The first kappa shape index (κ1) is 21.8. The zero-order valence-electron chi connectivity index (χ0n) is 17.4. The number of hydrogen-bond donors (Lipinski definition) is 1. The number of carbonyl (C=O) groups excluding carboxylic acids is 1. The summed E-state index contributed by atoms with van der Waals surface area (Å²) in [4.78, 5) is 37.9. The second kappa shape index (κ2) is 8.58. The lowest BCUT2D eigenvalue weighted by molar-refractivity contribution is 0.0941. The van der Waals surface area contributed by atoms with Crippen LogP contribution in [0.25, 0.3) is 11.0 Å². The largest absolute Gasteiger partial charge is 0.348 e. The van der Waals surface area contributed by atoms with Gasteiger partial charge in [-0.1, -0.05) is 30.3 Å². The van der Waals surface area contributed by atoms with Crippen LogP contribution in [0.2, 0.25) is 0 Å². The minimum atomic E-state index is -3.08. The van der Waals surface area contributed by atoms with E-state index in [0.717, 1.165) is 5.56 Å². The highest BCUT2D eigenvalue weighted by Gasteiger charge is 2.29. The van der Waals surface area contributed by atoms with Crippen molar-refractivity contribution in [3.63, 3.8) is 0 Å². The summed E-state index contributed by atoms with van der Waals surface area (Å²) < 4.78 is 26.0. The lowest BCUT2D eigenvalue weighted by atomic mass is 10.1. The molecule has 1 saturated heterocycles. The summed E-state index contributed by atoms with van der Waals surface area (Å²) in [7, 11) is -3.08. The van der Waals surface area contributed by atoms with Crippen molar-refractivity contribution in [2.75, 3.05) is 11.5 Å². The number of nitrogens with zero attached hydrogens (tertiary/aromatic N) is 2. The third-order valence-electron chi connectivity index (χ3n) is 5.57. The van der Waals surface area contributed by atoms with Crippen molar-refractivity contribution in [1.29, 1.82) is 0 Å². The van der Waals surface area contributed by atoms with E-state index in [1.807, 2.05) is 0 Å². The molecule has 0 aliphatic carbocycles. The zero-order valence-corrected chi connectivity index (χ0v) is 18.2. The summed E-state index contributed by atoms with van der Waals surface area (Å²) in [5.74, 6) is -0.289. The van der Waals surface area contributed by atoms with Crippen molar-refractivity contribution >= 4 is 26.8 Å². The van der Waals surface area contributed by atoms with Gasteiger partial charge in [-0.2, -0.15) is 0 Å². The average Bonchev–Trinajstić information content (AvgIpc) is 3.12. The smallest absolute Gasteiger partial charge is 0.317 e. The van der Waals surface area contributed by atoms with Crippen LogP contribution in [0.15, 0.2) is 70.8 Å². The van der Waals surface area contributed by atoms with Gasteiger partial charge in [0.05, 0.1) is 29.1 Å². The lowest BCUT2D eigenvalue weighted by Crippen LogP contribution is -2.41. The number of benzene rings is 2. The molecular formula is C23H23N3O5S. The molecule has 1 fully saturated rings. The number of aromatic nitrogens is 2. The summed E-state index contributed by atoms with van der Waals surface area (Å²) in [6.45, 7) is 4.06. The maximum atomic E-state index is 12.8. The lowest BCUT2D eigenvalue weighted by Gasteiger charge is -2.14. The molecule has 1 aliphatic heterocycles. The Labute approximate surface area is 184 Å². The Kier molecular flexibility index (Phi) is 5.84. The van der Waals surface area contributed by atoms with Crippen molar-refractivity contribution in [3.8, 4) is 0 Å². The Morgan fingerprint density at radius 1 is 1.03 bits per heavy atom. The topological polar surface area (TPSA) is 107 Å². The molecule has 9 heteroatoms. The highest BCUT2D eigenvalue weighted by atomic mass is 32.2. The van der Waals surface area contributed by atoms with Crippen LogP contribution >= 0.6 is 0 Å². The van der Waals surface area contributed by atoms with Crippen molar-refractivity contribution in [2.45, 2.75) is 25.6 Å². The summed E-state index contributed by atoms with van der Waals surface area (Å²) >= 11 is 0. The van der Waals surface area contributed by atoms with Gasteiger partial charge in [-0.15, -0.1) is 6.58 Å². The number of allylic oxidation sites excluding steroid dienone is 1. The van der Waals surface area contributed by atoms with Crippen LogP contribution in [0.3, 0.4) is 0 Å². The SMILES string of the molecule is C=CCn1c(=O)c(=O)n(Cc2ccc(C(=O)NC3CCS(=O)(=O)C3)cc2)c2ccccc21. The first-order valence-corrected chi connectivity index (χ1v) is 12.0.